The first kappa shape index (κ1) is 51.5. The van der Waals surface area contributed by atoms with Crippen molar-refractivity contribution in [2.24, 2.45) is 51.3 Å². The van der Waals surface area contributed by atoms with Gasteiger partial charge in [-0.2, -0.15) is 0 Å². The van der Waals surface area contributed by atoms with Crippen LogP contribution in [0, 0.1) is 46.3 Å². The third-order valence-corrected chi connectivity index (χ3v) is 18.4. The van der Waals surface area contributed by atoms with Crippen molar-refractivity contribution in [3.05, 3.63) is 77.9 Å². The van der Waals surface area contributed by atoms with Gasteiger partial charge in [0.05, 0.1) is 13.2 Å². The molecule has 368 valence electrons. The highest BCUT2D eigenvalue weighted by atomic mass is 32.1. The minimum Gasteiger partial charge on any atom is -0.494 e. The average Bonchev–Trinajstić information content (AvgIpc) is 3.95. The third kappa shape index (κ3) is 14.1. The molecule has 0 radical (unpaired) electrons. The highest BCUT2D eigenvalue weighted by molar-refractivity contribution is 7.19. The Morgan fingerprint density at radius 3 is 2.10 bits per heavy atom. The van der Waals surface area contributed by atoms with Crippen molar-refractivity contribution in [1.82, 2.24) is 0 Å². The maximum Gasteiger partial charge on any atom is 0.306 e. The van der Waals surface area contributed by atoms with Crippen LogP contribution < -0.4 is 9.47 Å². The van der Waals surface area contributed by atoms with Crippen molar-refractivity contribution in [3.63, 3.8) is 0 Å². The van der Waals surface area contributed by atoms with E-state index in [1.165, 1.54) is 120 Å². The molecule has 0 bridgehead atoms. The highest BCUT2D eigenvalue weighted by Gasteiger charge is 2.59. The summed E-state index contributed by atoms with van der Waals surface area (Å²) < 4.78 is 18.1. The number of carbonyl (C=O) groups is 1. The Hall–Kier alpha value is -3.38. The number of ether oxygens (including phenoxy) is 3. The van der Waals surface area contributed by atoms with Crippen LogP contribution in [-0.2, 0) is 9.53 Å². The van der Waals surface area contributed by atoms with Crippen LogP contribution in [0.1, 0.15) is 201 Å². The minimum atomic E-state index is 0.0305. The van der Waals surface area contributed by atoms with Gasteiger partial charge in [0.1, 0.15) is 22.6 Å². The molecule has 7 rings (SSSR count). The van der Waals surface area contributed by atoms with Gasteiger partial charge in [-0.05, 0) is 182 Å². The number of nitrogens with zero attached hydrogens (tertiary/aromatic N) is 1. The molecule has 4 aliphatic rings. The van der Waals surface area contributed by atoms with Crippen molar-refractivity contribution in [2.75, 3.05) is 13.2 Å². The second kappa shape index (κ2) is 25.5. The summed E-state index contributed by atoms with van der Waals surface area (Å²) >= 11 is 1.70. The third-order valence-electron chi connectivity index (χ3n) is 17.3. The fourth-order valence-electron chi connectivity index (χ4n) is 13.4. The standard InChI is InChI=1S/C61H89NO4S/c1-7-8-9-17-41-65-51-30-25-48(26-31-51)57-35-36-58(67-57)62-44-47-23-28-50(29-24-47)64-42-18-15-13-11-10-12-14-16-22-59(63)66-52-37-39-60(5)49(43-52)27-32-53-55-34-33-54(46(4)21-19-20-45(2)3)61(55,6)40-38-56(53)60/h23-31,35-36,44-46,52-56H,7-22,32-34,37-43H2,1-6H3/b62-44+/t46-,52?,53+,54-,55+,56+,60+,61-/m1/s1. The zero-order chi connectivity index (χ0) is 47.1. The molecule has 4 aliphatic carbocycles. The summed E-state index contributed by atoms with van der Waals surface area (Å²) in [5, 5.41) is 0.990. The predicted octanol–water partition coefficient (Wildman–Crippen LogP) is 18.0. The smallest absolute Gasteiger partial charge is 0.306 e. The van der Waals surface area contributed by atoms with Crippen molar-refractivity contribution < 1.29 is 19.0 Å². The number of unbranched alkanes of at least 4 members (excludes halogenated alkanes) is 10. The zero-order valence-electron chi connectivity index (χ0n) is 42.8. The quantitative estimate of drug-likeness (QED) is 0.0331. The molecule has 0 aliphatic heterocycles. The van der Waals surface area contributed by atoms with Gasteiger partial charge >= 0.3 is 5.97 Å². The van der Waals surface area contributed by atoms with Crippen LogP contribution in [0.25, 0.3) is 10.4 Å². The van der Waals surface area contributed by atoms with E-state index in [1.807, 2.05) is 18.3 Å². The molecule has 67 heavy (non-hydrogen) atoms. The van der Waals surface area contributed by atoms with Gasteiger partial charge in [0.25, 0.3) is 0 Å². The molecule has 5 nitrogen and oxygen atoms in total. The number of hydrogen-bond acceptors (Lipinski definition) is 6. The lowest BCUT2D eigenvalue weighted by atomic mass is 9.47. The summed E-state index contributed by atoms with van der Waals surface area (Å²) in [6, 6.07) is 20.9. The molecule has 6 heteroatoms. The maximum absolute atomic E-state index is 13.0. The van der Waals surface area contributed by atoms with E-state index in [1.54, 1.807) is 16.9 Å². The Bertz CT molecular complexity index is 2000. The predicted molar refractivity (Wildman–Crippen MR) is 283 cm³/mol. The monoisotopic (exact) mass is 932 g/mol. The molecule has 1 aromatic heterocycles. The van der Waals surface area contributed by atoms with Gasteiger partial charge in [-0.3, -0.25) is 4.79 Å². The lowest BCUT2D eigenvalue weighted by Crippen LogP contribution is -2.51. The number of aliphatic imine (C=N–C) groups is 1. The summed E-state index contributed by atoms with van der Waals surface area (Å²) in [4.78, 5) is 18.9. The Kier molecular flexibility index (Phi) is 19.6. The van der Waals surface area contributed by atoms with Crippen molar-refractivity contribution in [1.29, 1.82) is 0 Å². The number of hydrogen-bond donors (Lipinski definition) is 0. The van der Waals surface area contributed by atoms with Crippen molar-refractivity contribution in [2.45, 2.75) is 202 Å². The molecule has 0 saturated heterocycles. The largest absolute Gasteiger partial charge is 0.494 e. The van der Waals surface area contributed by atoms with Gasteiger partial charge in [-0.1, -0.05) is 130 Å². The molecule has 1 heterocycles. The first-order valence-corrected chi connectivity index (χ1v) is 28.4. The molecule has 0 spiro atoms. The number of esters is 1. The molecule has 8 atom stereocenters. The number of allylic oxidation sites excluding steroid dienone is 1. The number of fused-ring (bicyclic) bond motifs is 5. The fraction of sp³-hybridized carbons (Fsp3) is 0.672. The van der Waals surface area contributed by atoms with Crippen LogP contribution in [0.5, 0.6) is 11.5 Å². The van der Waals surface area contributed by atoms with Gasteiger partial charge in [0.15, 0.2) is 0 Å². The molecule has 0 amide bonds. The SMILES string of the molecule is CCCCCCOc1ccc(-c2ccc(/N=C/c3ccc(OCCCCCCCCCCC(=O)OC4CC[C@@]5(C)C(=CC[C@H]6[C@@H]7CC[C@H]([C@H](C)CCCC(C)C)[C@@]7(C)CC[C@@H]65)C4)cc3)s2)cc1. The van der Waals surface area contributed by atoms with E-state index < -0.39 is 0 Å². The van der Waals surface area contributed by atoms with Gasteiger partial charge in [0, 0.05) is 23.9 Å². The summed E-state index contributed by atoms with van der Waals surface area (Å²) in [5.41, 5.74) is 4.72. The van der Waals surface area contributed by atoms with E-state index in [0.717, 1.165) is 109 Å². The number of carbonyl (C=O) groups excluding carboxylic acids is 1. The maximum atomic E-state index is 13.0. The highest BCUT2D eigenvalue weighted by Crippen LogP contribution is 2.67. The Labute approximate surface area is 411 Å². The van der Waals surface area contributed by atoms with E-state index in [9.17, 15) is 4.79 Å². The van der Waals surface area contributed by atoms with Crippen LogP contribution in [0.4, 0.5) is 5.00 Å². The molecule has 3 aromatic rings. The fourth-order valence-corrected chi connectivity index (χ4v) is 14.3. The molecule has 3 fully saturated rings. The normalized spacial score (nSPS) is 26.2. The van der Waals surface area contributed by atoms with Crippen LogP contribution in [0.3, 0.4) is 0 Å². The second-order valence-electron chi connectivity index (χ2n) is 22.5. The summed E-state index contributed by atoms with van der Waals surface area (Å²) in [5.74, 6) is 7.04. The van der Waals surface area contributed by atoms with E-state index in [-0.39, 0.29) is 12.1 Å². The van der Waals surface area contributed by atoms with E-state index in [2.05, 4.69) is 96.1 Å². The lowest BCUT2D eigenvalue weighted by molar-refractivity contribution is -0.151. The van der Waals surface area contributed by atoms with Crippen LogP contribution >= 0.6 is 11.3 Å². The lowest BCUT2D eigenvalue weighted by Gasteiger charge is -2.58. The van der Waals surface area contributed by atoms with Gasteiger partial charge in [-0.15, -0.1) is 11.3 Å². The number of benzene rings is 2. The molecular formula is C61H89NO4S. The van der Waals surface area contributed by atoms with Crippen LogP contribution in [0.2, 0.25) is 0 Å². The molecule has 1 unspecified atom stereocenters. The molecule has 2 aromatic carbocycles. The van der Waals surface area contributed by atoms with Crippen LogP contribution in [-0.4, -0.2) is 31.5 Å². The summed E-state index contributed by atoms with van der Waals surface area (Å²) in [6.45, 7) is 16.4. The van der Waals surface area contributed by atoms with E-state index >= 15 is 0 Å². The summed E-state index contributed by atoms with van der Waals surface area (Å²) in [7, 11) is 0. The van der Waals surface area contributed by atoms with Crippen molar-refractivity contribution >= 4 is 28.5 Å². The van der Waals surface area contributed by atoms with E-state index in [4.69, 9.17) is 19.2 Å². The van der Waals surface area contributed by atoms with Gasteiger partial charge < -0.3 is 14.2 Å². The Balaban J connectivity index is 0.707. The zero-order valence-corrected chi connectivity index (χ0v) is 43.7. The number of thiophene rings is 1. The Morgan fingerprint density at radius 2 is 1.40 bits per heavy atom. The summed E-state index contributed by atoms with van der Waals surface area (Å²) in [6.07, 6.45) is 33.7. The van der Waals surface area contributed by atoms with Crippen LogP contribution in [0.15, 0.2) is 77.3 Å². The molecular weight excluding hydrogens is 843 g/mol. The average molecular weight is 932 g/mol. The minimum absolute atomic E-state index is 0.0305. The second-order valence-corrected chi connectivity index (χ2v) is 23.5. The Morgan fingerprint density at radius 1 is 0.731 bits per heavy atom. The number of rotatable bonds is 27. The van der Waals surface area contributed by atoms with Crippen molar-refractivity contribution in [3.8, 4) is 21.9 Å². The topological polar surface area (TPSA) is 57.1 Å². The van der Waals surface area contributed by atoms with Gasteiger partial charge in [0.2, 0.25) is 0 Å². The van der Waals surface area contributed by atoms with Gasteiger partial charge in [-0.25, -0.2) is 4.99 Å². The molecule has 0 N–H and O–H groups in total. The first-order valence-electron chi connectivity index (χ1n) is 27.5. The van der Waals surface area contributed by atoms with E-state index in [0.29, 0.717) is 17.3 Å². The molecule has 3 saturated carbocycles. The first-order chi connectivity index (χ1) is 32.6.